The van der Waals surface area contributed by atoms with Crippen molar-refractivity contribution >= 4 is 17.3 Å². The Labute approximate surface area is 122 Å². The Balaban J connectivity index is 2.19. The lowest BCUT2D eigenvalue weighted by molar-refractivity contribution is -0.137. The van der Waals surface area contributed by atoms with Crippen LogP contribution in [0.1, 0.15) is 44.6 Å². The van der Waals surface area contributed by atoms with Crippen molar-refractivity contribution in [1.82, 2.24) is 0 Å². The Bertz CT molecular complexity index is 453. The summed E-state index contributed by atoms with van der Waals surface area (Å²) in [6.07, 6.45) is 1.29. The van der Waals surface area contributed by atoms with Gasteiger partial charge in [-0.25, -0.2) is 0 Å². The number of para-hydroxylation sites is 1. The third-order valence-corrected chi connectivity index (χ3v) is 4.36. The number of anilines is 1. The molecule has 0 spiro atoms. The summed E-state index contributed by atoms with van der Waals surface area (Å²) >= 11 is 5.96. The average molecular weight is 306 g/mol. The van der Waals surface area contributed by atoms with Crippen LogP contribution in [0, 0.1) is 5.92 Å². The standard InChI is InChI=1S/C15H19ClF3N/c1-10(11-6-3-2-4-7-11)20-14-12(15(17,18)19)8-5-9-13(14)16/h5,8-11,20H,2-4,6-7H2,1H3. The summed E-state index contributed by atoms with van der Waals surface area (Å²) in [7, 11) is 0. The molecule has 1 aromatic carbocycles. The first-order valence-electron chi connectivity index (χ1n) is 7.02. The van der Waals surface area contributed by atoms with Crippen molar-refractivity contribution in [2.45, 2.75) is 51.2 Å². The Morgan fingerprint density at radius 3 is 2.45 bits per heavy atom. The monoisotopic (exact) mass is 305 g/mol. The molecule has 1 aliphatic carbocycles. The lowest BCUT2D eigenvalue weighted by atomic mass is 9.84. The van der Waals surface area contributed by atoms with E-state index in [1.807, 2.05) is 6.92 Å². The maximum absolute atomic E-state index is 13.0. The zero-order valence-corrected chi connectivity index (χ0v) is 12.2. The second kappa shape index (κ2) is 6.25. The smallest absolute Gasteiger partial charge is 0.381 e. The minimum Gasteiger partial charge on any atom is -0.381 e. The third kappa shape index (κ3) is 3.60. The molecule has 1 saturated carbocycles. The van der Waals surface area contributed by atoms with Gasteiger partial charge < -0.3 is 5.32 Å². The highest BCUT2D eigenvalue weighted by molar-refractivity contribution is 6.33. The predicted octanol–water partition coefficient (Wildman–Crippen LogP) is 5.74. The molecule has 0 bridgehead atoms. The lowest BCUT2D eigenvalue weighted by Gasteiger charge is -2.30. The van der Waals surface area contributed by atoms with Crippen LogP contribution in [0.2, 0.25) is 5.02 Å². The van der Waals surface area contributed by atoms with Gasteiger partial charge >= 0.3 is 6.18 Å². The Hall–Kier alpha value is -0.900. The Morgan fingerprint density at radius 2 is 1.85 bits per heavy atom. The van der Waals surface area contributed by atoms with E-state index in [2.05, 4.69) is 5.32 Å². The van der Waals surface area contributed by atoms with Crippen LogP contribution in [0.3, 0.4) is 0 Å². The van der Waals surface area contributed by atoms with E-state index < -0.39 is 11.7 Å². The SMILES string of the molecule is CC(Nc1c(Cl)cccc1C(F)(F)F)C1CCCCC1. The van der Waals surface area contributed by atoms with Gasteiger partial charge in [0.1, 0.15) is 0 Å². The van der Waals surface area contributed by atoms with E-state index in [0.29, 0.717) is 5.92 Å². The average Bonchev–Trinajstić information content (AvgIpc) is 2.40. The van der Waals surface area contributed by atoms with Crippen molar-refractivity contribution in [1.29, 1.82) is 0 Å². The first kappa shape index (κ1) is 15.5. The number of halogens is 4. The first-order chi connectivity index (χ1) is 9.39. The molecule has 5 heteroatoms. The Kier molecular flexibility index (Phi) is 4.84. The quantitative estimate of drug-likeness (QED) is 0.751. The predicted molar refractivity (Wildman–Crippen MR) is 76.1 cm³/mol. The van der Waals surface area contributed by atoms with E-state index in [9.17, 15) is 13.2 Å². The van der Waals surface area contributed by atoms with Crippen LogP contribution < -0.4 is 5.32 Å². The van der Waals surface area contributed by atoms with Gasteiger partial charge in [-0.15, -0.1) is 0 Å². The van der Waals surface area contributed by atoms with Crippen LogP contribution in [0.5, 0.6) is 0 Å². The largest absolute Gasteiger partial charge is 0.418 e. The van der Waals surface area contributed by atoms with Gasteiger partial charge in [-0.1, -0.05) is 36.9 Å². The van der Waals surface area contributed by atoms with Crippen molar-refractivity contribution in [3.8, 4) is 0 Å². The number of hydrogen-bond donors (Lipinski definition) is 1. The van der Waals surface area contributed by atoms with Crippen LogP contribution in [0.25, 0.3) is 0 Å². The van der Waals surface area contributed by atoms with Crippen molar-refractivity contribution in [3.63, 3.8) is 0 Å². The van der Waals surface area contributed by atoms with Gasteiger partial charge in [-0.2, -0.15) is 13.2 Å². The van der Waals surface area contributed by atoms with E-state index in [-0.39, 0.29) is 16.8 Å². The van der Waals surface area contributed by atoms with Crippen molar-refractivity contribution in [2.24, 2.45) is 5.92 Å². The highest BCUT2D eigenvalue weighted by atomic mass is 35.5. The molecule has 112 valence electrons. The molecule has 0 radical (unpaired) electrons. The van der Waals surface area contributed by atoms with Crippen molar-refractivity contribution < 1.29 is 13.2 Å². The molecule has 1 N–H and O–H groups in total. The molecule has 2 rings (SSSR count). The van der Waals surface area contributed by atoms with Gasteiger partial charge in [-0.3, -0.25) is 0 Å². The highest BCUT2D eigenvalue weighted by Crippen LogP contribution is 2.39. The summed E-state index contributed by atoms with van der Waals surface area (Å²) in [5.74, 6) is 0.418. The van der Waals surface area contributed by atoms with Crippen molar-refractivity contribution in [3.05, 3.63) is 28.8 Å². The molecule has 0 aromatic heterocycles. The van der Waals surface area contributed by atoms with E-state index >= 15 is 0 Å². The first-order valence-corrected chi connectivity index (χ1v) is 7.39. The summed E-state index contributed by atoms with van der Waals surface area (Å²) in [6.45, 7) is 1.94. The van der Waals surface area contributed by atoms with E-state index in [1.54, 1.807) is 0 Å². The van der Waals surface area contributed by atoms with Crippen LogP contribution >= 0.6 is 11.6 Å². The molecule has 1 atom stereocenters. The number of alkyl halides is 3. The minimum atomic E-state index is -4.39. The summed E-state index contributed by atoms with van der Waals surface area (Å²) in [6, 6.07) is 3.90. The van der Waals surface area contributed by atoms with E-state index in [4.69, 9.17) is 11.6 Å². The van der Waals surface area contributed by atoms with Gasteiger partial charge in [0.15, 0.2) is 0 Å². The highest BCUT2D eigenvalue weighted by Gasteiger charge is 2.35. The zero-order valence-electron chi connectivity index (χ0n) is 11.4. The molecule has 0 aliphatic heterocycles. The third-order valence-electron chi connectivity index (χ3n) is 4.05. The fraction of sp³-hybridized carbons (Fsp3) is 0.600. The number of rotatable bonds is 3. The molecule has 0 saturated heterocycles. The molecule has 1 nitrogen and oxygen atoms in total. The zero-order chi connectivity index (χ0) is 14.8. The Morgan fingerprint density at radius 1 is 1.20 bits per heavy atom. The minimum absolute atomic E-state index is 0.00343. The van der Waals surface area contributed by atoms with Gasteiger partial charge in [0.2, 0.25) is 0 Å². The number of benzene rings is 1. The number of hydrogen-bond acceptors (Lipinski definition) is 1. The molecule has 0 heterocycles. The van der Waals surface area contributed by atoms with E-state index in [0.717, 1.165) is 31.7 Å². The van der Waals surface area contributed by atoms with Gasteiger partial charge in [0.05, 0.1) is 16.3 Å². The normalized spacial score (nSPS) is 18.9. The second-order valence-corrected chi connectivity index (χ2v) is 5.90. The fourth-order valence-electron chi connectivity index (χ4n) is 2.89. The maximum Gasteiger partial charge on any atom is 0.418 e. The van der Waals surface area contributed by atoms with Crippen molar-refractivity contribution in [2.75, 3.05) is 5.32 Å². The van der Waals surface area contributed by atoms with Crippen LogP contribution in [0.15, 0.2) is 18.2 Å². The lowest BCUT2D eigenvalue weighted by Crippen LogP contribution is -2.29. The number of nitrogens with one attached hydrogen (secondary N) is 1. The van der Waals surface area contributed by atoms with Gasteiger partial charge in [0, 0.05) is 6.04 Å². The summed E-state index contributed by atoms with van der Waals surface area (Å²) < 4.78 is 39.1. The van der Waals surface area contributed by atoms with Gasteiger partial charge in [0.25, 0.3) is 0 Å². The molecule has 1 aromatic rings. The molecule has 0 amide bonds. The fourth-order valence-corrected chi connectivity index (χ4v) is 3.12. The van der Waals surface area contributed by atoms with E-state index in [1.165, 1.54) is 18.6 Å². The molecule has 1 aliphatic rings. The molecule has 1 fully saturated rings. The maximum atomic E-state index is 13.0. The van der Waals surface area contributed by atoms with Gasteiger partial charge in [-0.05, 0) is 37.8 Å². The summed E-state index contributed by atoms with van der Waals surface area (Å²) in [4.78, 5) is 0. The van der Waals surface area contributed by atoms with Crippen LogP contribution in [-0.2, 0) is 6.18 Å². The summed E-state index contributed by atoms with van der Waals surface area (Å²) in [5, 5.41) is 3.13. The van der Waals surface area contributed by atoms with Crippen LogP contribution in [-0.4, -0.2) is 6.04 Å². The molecular formula is C15H19ClF3N. The molecule has 20 heavy (non-hydrogen) atoms. The topological polar surface area (TPSA) is 12.0 Å². The molecular weight excluding hydrogens is 287 g/mol. The second-order valence-electron chi connectivity index (χ2n) is 5.49. The molecule has 1 unspecified atom stereocenters. The summed E-state index contributed by atoms with van der Waals surface area (Å²) in [5.41, 5.74) is -0.674. The van der Waals surface area contributed by atoms with Crippen LogP contribution in [0.4, 0.5) is 18.9 Å².